The van der Waals surface area contributed by atoms with Crippen molar-refractivity contribution in [2.75, 3.05) is 5.32 Å². The van der Waals surface area contributed by atoms with Crippen LogP contribution in [0.2, 0.25) is 6.82 Å². The van der Waals surface area contributed by atoms with Crippen molar-refractivity contribution in [3.63, 3.8) is 0 Å². The van der Waals surface area contributed by atoms with Gasteiger partial charge in [-0.05, 0) is 24.3 Å². The molecular weight excluding hydrogens is 181 g/mol. The topological polar surface area (TPSA) is 12.0 Å². The van der Waals surface area contributed by atoms with Crippen LogP contribution in [0.15, 0.2) is 54.6 Å². The molecule has 1 radical (unpaired) electrons. The molecule has 2 aromatic rings. The van der Waals surface area contributed by atoms with Crippen LogP contribution in [0.5, 0.6) is 0 Å². The normalized spacial score (nSPS) is 9.67. The van der Waals surface area contributed by atoms with E-state index in [1.165, 1.54) is 5.46 Å². The van der Waals surface area contributed by atoms with E-state index in [-0.39, 0.29) is 0 Å². The summed E-state index contributed by atoms with van der Waals surface area (Å²) in [5, 5.41) is 3.34. The summed E-state index contributed by atoms with van der Waals surface area (Å²) in [7, 11) is 2.09. The summed E-state index contributed by atoms with van der Waals surface area (Å²) in [6, 6.07) is 18.5. The summed E-state index contributed by atoms with van der Waals surface area (Å²) in [5.41, 5.74) is 3.48. The van der Waals surface area contributed by atoms with Gasteiger partial charge in [0.1, 0.15) is 7.28 Å². The highest BCUT2D eigenvalue weighted by atomic mass is 14.9. The molecule has 2 rings (SSSR count). The van der Waals surface area contributed by atoms with Gasteiger partial charge in [-0.2, -0.15) is 0 Å². The van der Waals surface area contributed by atoms with Gasteiger partial charge in [-0.1, -0.05) is 42.6 Å². The van der Waals surface area contributed by atoms with E-state index in [2.05, 4.69) is 49.0 Å². The highest BCUT2D eigenvalue weighted by Gasteiger charge is 1.93. The first-order chi connectivity index (χ1) is 7.38. The van der Waals surface area contributed by atoms with Gasteiger partial charge >= 0.3 is 0 Å². The maximum absolute atomic E-state index is 3.34. The Kier molecular flexibility index (Phi) is 3.08. The van der Waals surface area contributed by atoms with Gasteiger partial charge in [0.15, 0.2) is 0 Å². The zero-order valence-corrected chi connectivity index (χ0v) is 8.77. The average Bonchev–Trinajstić information content (AvgIpc) is 2.31. The Bertz CT molecular complexity index is 408. The molecule has 0 amide bonds. The lowest BCUT2D eigenvalue weighted by molar-refractivity contribution is 1.56. The van der Waals surface area contributed by atoms with Crippen LogP contribution in [0.4, 0.5) is 11.4 Å². The van der Waals surface area contributed by atoms with E-state index in [9.17, 15) is 0 Å². The molecule has 0 saturated heterocycles. The second kappa shape index (κ2) is 4.69. The molecule has 0 aromatic heterocycles. The summed E-state index contributed by atoms with van der Waals surface area (Å²) < 4.78 is 0. The lowest BCUT2D eigenvalue weighted by Gasteiger charge is -2.06. The van der Waals surface area contributed by atoms with Crippen LogP contribution in [0.25, 0.3) is 0 Å². The Morgan fingerprint density at radius 3 is 2.00 bits per heavy atom. The van der Waals surface area contributed by atoms with E-state index in [4.69, 9.17) is 0 Å². The predicted molar refractivity (Wildman–Crippen MR) is 67.4 cm³/mol. The van der Waals surface area contributed by atoms with Gasteiger partial charge in [0.05, 0.1) is 0 Å². The molecule has 1 N–H and O–H groups in total. The third-order valence-electron chi connectivity index (χ3n) is 2.31. The Labute approximate surface area is 91.4 Å². The first-order valence-electron chi connectivity index (χ1n) is 5.10. The Morgan fingerprint density at radius 2 is 1.40 bits per heavy atom. The van der Waals surface area contributed by atoms with Crippen LogP contribution in [0.3, 0.4) is 0 Å². The fraction of sp³-hybridized carbons (Fsp3) is 0.0769. The summed E-state index contributed by atoms with van der Waals surface area (Å²) in [6.07, 6.45) is 0. The van der Waals surface area contributed by atoms with E-state index in [1.54, 1.807) is 0 Å². The van der Waals surface area contributed by atoms with Crippen molar-refractivity contribution >= 4 is 24.1 Å². The second-order valence-corrected chi connectivity index (χ2v) is 3.40. The maximum Gasteiger partial charge on any atom is 0.148 e. The number of benzene rings is 2. The van der Waals surface area contributed by atoms with Crippen molar-refractivity contribution in [2.45, 2.75) is 6.82 Å². The standard InChI is InChI=1S/C13H13BN/c1-14-11-7-9-13(10-8-11)15-12-5-3-2-4-6-12/h2-10,15H,1H3. The summed E-state index contributed by atoms with van der Waals surface area (Å²) >= 11 is 0. The van der Waals surface area contributed by atoms with Crippen LogP contribution < -0.4 is 10.8 Å². The molecule has 0 spiro atoms. The monoisotopic (exact) mass is 194 g/mol. The molecule has 73 valence electrons. The number of hydrogen-bond acceptors (Lipinski definition) is 1. The molecule has 0 saturated carbocycles. The van der Waals surface area contributed by atoms with Gasteiger partial charge in [0.25, 0.3) is 0 Å². The van der Waals surface area contributed by atoms with E-state index in [0.29, 0.717) is 0 Å². The third-order valence-corrected chi connectivity index (χ3v) is 2.31. The van der Waals surface area contributed by atoms with Gasteiger partial charge < -0.3 is 5.32 Å². The Morgan fingerprint density at radius 1 is 0.800 bits per heavy atom. The van der Waals surface area contributed by atoms with Crippen LogP contribution >= 0.6 is 0 Å². The largest absolute Gasteiger partial charge is 0.356 e. The van der Waals surface area contributed by atoms with Crippen LogP contribution in [0.1, 0.15) is 0 Å². The molecule has 0 atom stereocenters. The smallest absolute Gasteiger partial charge is 0.148 e. The number of nitrogens with one attached hydrogen (secondary N) is 1. The van der Waals surface area contributed by atoms with Crippen molar-refractivity contribution in [3.05, 3.63) is 54.6 Å². The molecule has 1 nitrogen and oxygen atoms in total. The minimum absolute atomic E-state index is 1.12. The average molecular weight is 194 g/mol. The first-order valence-corrected chi connectivity index (χ1v) is 5.10. The summed E-state index contributed by atoms with van der Waals surface area (Å²) in [4.78, 5) is 0. The quantitative estimate of drug-likeness (QED) is 0.740. The number of rotatable bonds is 3. The molecule has 0 fully saturated rings. The molecule has 2 heteroatoms. The van der Waals surface area contributed by atoms with Crippen molar-refractivity contribution in [1.82, 2.24) is 0 Å². The second-order valence-electron chi connectivity index (χ2n) is 3.40. The van der Waals surface area contributed by atoms with Crippen molar-refractivity contribution < 1.29 is 0 Å². The van der Waals surface area contributed by atoms with Crippen LogP contribution in [-0.4, -0.2) is 7.28 Å². The Hall–Kier alpha value is -1.70. The number of hydrogen-bond donors (Lipinski definition) is 1. The SMILES string of the molecule is C[B]c1ccc(Nc2ccccc2)cc1. The minimum atomic E-state index is 1.12. The van der Waals surface area contributed by atoms with E-state index in [1.807, 2.05) is 25.0 Å². The van der Waals surface area contributed by atoms with Crippen molar-refractivity contribution in [1.29, 1.82) is 0 Å². The maximum atomic E-state index is 3.34. The lowest BCUT2D eigenvalue weighted by Crippen LogP contribution is -2.09. The number of anilines is 2. The Balaban J connectivity index is 2.11. The van der Waals surface area contributed by atoms with Gasteiger partial charge in [0.2, 0.25) is 0 Å². The molecule has 15 heavy (non-hydrogen) atoms. The van der Waals surface area contributed by atoms with Gasteiger partial charge in [-0.25, -0.2) is 0 Å². The van der Waals surface area contributed by atoms with Gasteiger partial charge in [0, 0.05) is 11.4 Å². The van der Waals surface area contributed by atoms with E-state index in [0.717, 1.165) is 11.4 Å². The fourth-order valence-corrected chi connectivity index (χ4v) is 1.45. The molecule has 0 heterocycles. The molecule has 2 aromatic carbocycles. The predicted octanol–water partition coefficient (Wildman–Crippen LogP) is 2.81. The van der Waals surface area contributed by atoms with Gasteiger partial charge in [-0.15, -0.1) is 0 Å². The molecular formula is C13H13BN. The molecule has 0 aliphatic heterocycles. The number of para-hydroxylation sites is 1. The third kappa shape index (κ3) is 2.63. The van der Waals surface area contributed by atoms with Crippen LogP contribution in [0, 0.1) is 0 Å². The van der Waals surface area contributed by atoms with Crippen LogP contribution in [-0.2, 0) is 0 Å². The van der Waals surface area contributed by atoms with E-state index < -0.39 is 0 Å². The highest BCUT2D eigenvalue weighted by Crippen LogP contribution is 2.14. The van der Waals surface area contributed by atoms with E-state index >= 15 is 0 Å². The summed E-state index contributed by atoms with van der Waals surface area (Å²) in [6.45, 7) is 2.04. The first kappa shape index (κ1) is 9.84. The molecule has 0 bridgehead atoms. The molecule has 0 unspecified atom stereocenters. The summed E-state index contributed by atoms with van der Waals surface area (Å²) in [5.74, 6) is 0. The van der Waals surface area contributed by atoms with Gasteiger partial charge in [-0.3, -0.25) is 0 Å². The zero-order chi connectivity index (χ0) is 10.5. The molecule has 0 aliphatic carbocycles. The zero-order valence-electron chi connectivity index (χ0n) is 8.77. The highest BCUT2D eigenvalue weighted by molar-refractivity contribution is 6.51. The van der Waals surface area contributed by atoms with Crippen molar-refractivity contribution in [2.24, 2.45) is 0 Å². The fourth-order valence-electron chi connectivity index (χ4n) is 1.45. The van der Waals surface area contributed by atoms with Crippen molar-refractivity contribution in [3.8, 4) is 0 Å². The minimum Gasteiger partial charge on any atom is -0.356 e. The molecule has 0 aliphatic rings. The lowest BCUT2D eigenvalue weighted by atomic mass is 9.73.